The van der Waals surface area contributed by atoms with E-state index >= 15 is 0 Å². The molecule has 1 fully saturated rings. The summed E-state index contributed by atoms with van der Waals surface area (Å²) in [5, 5.41) is 12.6. The molecule has 0 radical (unpaired) electrons. The summed E-state index contributed by atoms with van der Waals surface area (Å²) in [6.45, 7) is 4.83. The minimum absolute atomic E-state index is 0.212. The molecule has 72 valence electrons. The first-order chi connectivity index (χ1) is 5.68. The molecule has 0 aliphatic carbocycles. The van der Waals surface area contributed by atoms with E-state index < -0.39 is 0 Å². The summed E-state index contributed by atoms with van der Waals surface area (Å²) in [5.74, 6) is 0. The second-order valence-electron chi connectivity index (χ2n) is 3.86. The Kier molecular flexibility index (Phi) is 3.98. The van der Waals surface area contributed by atoms with Gasteiger partial charge in [-0.3, -0.25) is 0 Å². The molecule has 0 amide bonds. The molecule has 1 unspecified atom stereocenters. The van der Waals surface area contributed by atoms with Gasteiger partial charge in [0.1, 0.15) is 0 Å². The van der Waals surface area contributed by atoms with Gasteiger partial charge in [-0.25, -0.2) is 0 Å². The maximum atomic E-state index is 9.13. The standard InChI is InChI=1S/C9H20N2O/c1-8(12)6-11(2)7-9-4-3-5-10-9/h8-10,12H,3-7H2,1-2H3/t8-,9?/m1/s1. The normalized spacial score (nSPS) is 26.5. The third kappa shape index (κ3) is 3.52. The van der Waals surface area contributed by atoms with Gasteiger partial charge in [-0.2, -0.15) is 0 Å². The van der Waals surface area contributed by atoms with Gasteiger partial charge in [0.2, 0.25) is 0 Å². The summed E-state index contributed by atoms with van der Waals surface area (Å²) in [7, 11) is 2.06. The Morgan fingerprint density at radius 3 is 2.92 bits per heavy atom. The zero-order valence-corrected chi connectivity index (χ0v) is 8.08. The SMILES string of the molecule is C[C@@H](O)CN(C)CC1CCCN1. The molecular weight excluding hydrogens is 152 g/mol. The fourth-order valence-electron chi connectivity index (χ4n) is 1.81. The van der Waals surface area contributed by atoms with Crippen LogP contribution in [0.5, 0.6) is 0 Å². The lowest BCUT2D eigenvalue weighted by molar-refractivity contribution is 0.137. The van der Waals surface area contributed by atoms with Gasteiger partial charge in [0.25, 0.3) is 0 Å². The average Bonchev–Trinajstić information content (AvgIpc) is 2.37. The predicted molar refractivity (Wildman–Crippen MR) is 50.2 cm³/mol. The molecule has 0 aromatic heterocycles. The number of hydrogen-bond donors (Lipinski definition) is 2. The van der Waals surface area contributed by atoms with Gasteiger partial charge in [-0.15, -0.1) is 0 Å². The van der Waals surface area contributed by atoms with Crippen molar-refractivity contribution >= 4 is 0 Å². The maximum Gasteiger partial charge on any atom is 0.0638 e. The molecule has 2 N–H and O–H groups in total. The van der Waals surface area contributed by atoms with Crippen molar-refractivity contribution < 1.29 is 5.11 Å². The first kappa shape index (κ1) is 9.96. The van der Waals surface area contributed by atoms with Gasteiger partial charge in [0.15, 0.2) is 0 Å². The van der Waals surface area contributed by atoms with Crippen molar-refractivity contribution in [2.45, 2.75) is 31.9 Å². The van der Waals surface area contributed by atoms with Gasteiger partial charge < -0.3 is 15.3 Å². The van der Waals surface area contributed by atoms with Crippen LogP contribution >= 0.6 is 0 Å². The quantitative estimate of drug-likeness (QED) is 0.629. The number of aliphatic hydroxyl groups excluding tert-OH is 1. The first-order valence-electron chi connectivity index (χ1n) is 4.78. The lowest BCUT2D eigenvalue weighted by atomic mass is 10.2. The molecule has 12 heavy (non-hydrogen) atoms. The smallest absolute Gasteiger partial charge is 0.0638 e. The van der Waals surface area contributed by atoms with E-state index in [2.05, 4.69) is 17.3 Å². The van der Waals surface area contributed by atoms with Crippen LogP contribution in [0.15, 0.2) is 0 Å². The van der Waals surface area contributed by atoms with Crippen molar-refractivity contribution in [3.8, 4) is 0 Å². The van der Waals surface area contributed by atoms with Crippen molar-refractivity contribution in [2.24, 2.45) is 0 Å². The van der Waals surface area contributed by atoms with Crippen molar-refractivity contribution in [2.75, 3.05) is 26.7 Å². The highest BCUT2D eigenvalue weighted by Gasteiger charge is 2.16. The topological polar surface area (TPSA) is 35.5 Å². The molecule has 1 rings (SSSR count). The monoisotopic (exact) mass is 172 g/mol. The minimum Gasteiger partial charge on any atom is -0.392 e. The first-order valence-corrected chi connectivity index (χ1v) is 4.78. The number of rotatable bonds is 4. The fraction of sp³-hybridized carbons (Fsp3) is 1.00. The van der Waals surface area contributed by atoms with Crippen molar-refractivity contribution in [3.63, 3.8) is 0 Å². The molecule has 0 spiro atoms. The van der Waals surface area contributed by atoms with E-state index in [9.17, 15) is 0 Å². The third-order valence-electron chi connectivity index (χ3n) is 2.27. The summed E-state index contributed by atoms with van der Waals surface area (Å²) < 4.78 is 0. The lowest BCUT2D eigenvalue weighted by Gasteiger charge is -2.22. The molecule has 0 aromatic rings. The Labute approximate surface area is 74.8 Å². The molecule has 1 heterocycles. The number of nitrogens with one attached hydrogen (secondary N) is 1. The van der Waals surface area contributed by atoms with Gasteiger partial charge in [-0.05, 0) is 33.4 Å². The molecule has 1 aliphatic rings. The molecule has 0 saturated carbocycles. The molecule has 0 aromatic carbocycles. The van der Waals surface area contributed by atoms with Crippen molar-refractivity contribution in [3.05, 3.63) is 0 Å². The summed E-state index contributed by atoms with van der Waals surface area (Å²) >= 11 is 0. The Balaban J connectivity index is 2.11. The van der Waals surface area contributed by atoms with Crippen LogP contribution in [0.3, 0.4) is 0 Å². The van der Waals surface area contributed by atoms with Gasteiger partial charge >= 0.3 is 0 Å². The Morgan fingerprint density at radius 1 is 1.67 bits per heavy atom. The maximum absolute atomic E-state index is 9.13. The van der Waals surface area contributed by atoms with Gasteiger partial charge in [0.05, 0.1) is 6.10 Å². The Morgan fingerprint density at radius 2 is 2.42 bits per heavy atom. The third-order valence-corrected chi connectivity index (χ3v) is 2.27. The second kappa shape index (κ2) is 4.80. The van der Waals surface area contributed by atoms with Crippen LogP contribution in [0.25, 0.3) is 0 Å². The van der Waals surface area contributed by atoms with E-state index in [4.69, 9.17) is 5.11 Å². The van der Waals surface area contributed by atoms with E-state index in [-0.39, 0.29) is 6.10 Å². The van der Waals surface area contributed by atoms with Crippen LogP contribution < -0.4 is 5.32 Å². The van der Waals surface area contributed by atoms with Crippen LogP contribution in [0.2, 0.25) is 0 Å². The molecule has 0 bridgehead atoms. The molecule has 2 atom stereocenters. The molecule has 1 aliphatic heterocycles. The van der Waals surface area contributed by atoms with Crippen LogP contribution in [0.1, 0.15) is 19.8 Å². The highest BCUT2D eigenvalue weighted by atomic mass is 16.3. The number of hydrogen-bond acceptors (Lipinski definition) is 3. The highest BCUT2D eigenvalue weighted by molar-refractivity contribution is 4.77. The van der Waals surface area contributed by atoms with Crippen LogP contribution in [-0.2, 0) is 0 Å². The van der Waals surface area contributed by atoms with Crippen molar-refractivity contribution in [1.82, 2.24) is 10.2 Å². The average molecular weight is 172 g/mol. The summed E-state index contributed by atoms with van der Waals surface area (Å²) in [4.78, 5) is 2.19. The largest absolute Gasteiger partial charge is 0.392 e. The second-order valence-corrected chi connectivity index (χ2v) is 3.86. The highest BCUT2D eigenvalue weighted by Crippen LogP contribution is 2.05. The number of nitrogens with zero attached hydrogens (tertiary/aromatic N) is 1. The predicted octanol–water partition coefficient (Wildman–Crippen LogP) is 0.0510. The van der Waals surface area contributed by atoms with Crippen molar-refractivity contribution in [1.29, 1.82) is 0 Å². The van der Waals surface area contributed by atoms with Gasteiger partial charge in [-0.1, -0.05) is 0 Å². The lowest BCUT2D eigenvalue weighted by Crippen LogP contribution is -2.38. The van der Waals surface area contributed by atoms with E-state index in [0.29, 0.717) is 6.04 Å². The molecule has 3 nitrogen and oxygen atoms in total. The fourth-order valence-corrected chi connectivity index (χ4v) is 1.81. The summed E-state index contributed by atoms with van der Waals surface area (Å²) in [6.07, 6.45) is 2.37. The minimum atomic E-state index is -0.212. The Hall–Kier alpha value is -0.120. The van der Waals surface area contributed by atoms with E-state index in [0.717, 1.165) is 19.6 Å². The summed E-state index contributed by atoms with van der Waals surface area (Å²) in [6, 6.07) is 0.647. The molecular formula is C9H20N2O. The molecule has 1 saturated heterocycles. The van der Waals surface area contributed by atoms with Gasteiger partial charge in [0, 0.05) is 19.1 Å². The van der Waals surface area contributed by atoms with Crippen LogP contribution in [-0.4, -0.2) is 48.8 Å². The van der Waals surface area contributed by atoms with Crippen LogP contribution in [0, 0.1) is 0 Å². The molecule has 3 heteroatoms. The summed E-state index contributed by atoms with van der Waals surface area (Å²) in [5.41, 5.74) is 0. The zero-order valence-electron chi connectivity index (χ0n) is 8.08. The van der Waals surface area contributed by atoms with E-state index in [1.54, 1.807) is 0 Å². The Bertz CT molecular complexity index is 122. The number of aliphatic hydroxyl groups is 1. The van der Waals surface area contributed by atoms with Crippen LogP contribution in [0.4, 0.5) is 0 Å². The van der Waals surface area contributed by atoms with E-state index in [1.807, 2.05) is 6.92 Å². The number of likely N-dealkylation sites (N-methyl/N-ethyl adjacent to an activating group) is 1. The zero-order chi connectivity index (χ0) is 8.97. The van der Waals surface area contributed by atoms with E-state index in [1.165, 1.54) is 12.8 Å².